The summed E-state index contributed by atoms with van der Waals surface area (Å²) in [7, 11) is -2.19. The van der Waals surface area contributed by atoms with Crippen LogP contribution in [0.3, 0.4) is 0 Å². The van der Waals surface area contributed by atoms with Crippen LogP contribution in [0.25, 0.3) is 0 Å². The zero-order valence-electron chi connectivity index (χ0n) is 7.60. The summed E-state index contributed by atoms with van der Waals surface area (Å²) < 4.78 is 36.6. The van der Waals surface area contributed by atoms with Crippen LogP contribution in [0.5, 0.6) is 0 Å². The van der Waals surface area contributed by atoms with E-state index in [9.17, 15) is 23.3 Å². The van der Waals surface area contributed by atoms with Crippen LogP contribution in [-0.4, -0.2) is 22.1 Å². The molecule has 0 bridgehead atoms. The molecule has 1 aromatic carbocycles. The van der Waals surface area contributed by atoms with Gasteiger partial charge in [0.05, 0.1) is 15.9 Å². The van der Waals surface area contributed by atoms with E-state index in [1.54, 1.807) is 0 Å². The fourth-order valence-corrected chi connectivity index (χ4v) is 1.10. The van der Waals surface area contributed by atoms with Gasteiger partial charge in [0.1, 0.15) is 0 Å². The van der Waals surface area contributed by atoms with Gasteiger partial charge in [0.15, 0.2) is 0 Å². The van der Waals surface area contributed by atoms with Crippen molar-refractivity contribution >= 4 is 18.3 Å². The lowest BCUT2D eigenvalue weighted by atomic mass is 9.78. The van der Waals surface area contributed by atoms with Gasteiger partial charge in [0, 0.05) is 6.07 Å². The van der Waals surface area contributed by atoms with Crippen molar-refractivity contribution in [3.8, 4) is 0 Å². The van der Waals surface area contributed by atoms with Crippen molar-refractivity contribution in [3.05, 3.63) is 33.9 Å². The molecule has 0 amide bonds. The molecule has 0 saturated heterocycles. The molecule has 1 rings (SSSR count). The monoisotopic (exact) mass is 235 g/mol. The number of hydrogen-bond donors (Lipinski definition) is 2. The molecule has 0 spiro atoms. The highest BCUT2D eigenvalue weighted by Crippen LogP contribution is 2.30. The number of hydrogen-bond acceptors (Lipinski definition) is 4. The van der Waals surface area contributed by atoms with Crippen molar-refractivity contribution in [2.75, 3.05) is 0 Å². The molecule has 0 atom stereocenters. The number of benzene rings is 1. The third kappa shape index (κ3) is 2.50. The first-order valence-corrected chi connectivity index (χ1v) is 3.95. The molecule has 0 aliphatic rings. The van der Waals surface area contributed by atoms with Gasteiger partial charge < -0.3 is 10.0 Å². The molecule has 5 nitrogen and oxygen atoms in total. The van der Waals surface area contributed by atoms with E-state index in [0.717, 1.165) is 0 Å². The Bertz CT molecular complexity index is 421. The molecule has 0 saturated carbocycles. The van der Waals surface area contributed by atoms with Gasteiger partial charge in [-0.1, -0.05) is 6.07 Å². The highest BCUT2D eigenvalue weighted by atomic mass is 19.4. The summed E-state index contributed by atoms with van der Waals surface area (Å²) in [6.45, 7) is 0. The summed E-state index contributed by atoms with van der Waals surface area (Å²) in [6.07, 6.45) is -4.72. The Labute approximate surface area is 87.4 Å². The predicted octanol–water partition coefficient (Wildman–Crippen LogP) is 0.293. The van der Waals surface area contributed by atoms with Crippen LogP contribution in [0.1, 0.15) is 5.56 Å². The minimum absolute atomic E-state index is 0.259. The zero-order valence-corrected chi connectivity index (χ0v) is 7.60. The van der Waals surface area contributed by atoms with Gasteiger partial charge in [-0.3, -0.25) is 10.1 Å². The van der Waals surface area contributed by atoms with E-state index in [1.807, 2.05) is 0 Å². The normalized spacial score (nSPS) is 11.3. The van der Waals surface area contributed by atoms with Gasteiger partial charge in [-0.25, -0.2) is 0 Å². The largest absolute Gasteiger partial charge is 0.495 e. The maximum atomic E-state index is 12.2. The molecule has 0 aliphatic carbocycles. The van der Waals surface area contributed by atoms with Crippen LogP contribution >= 0.6 is 0 Å². The highest BCUT2D eigenvalue weighted by Gasteiger charge is 2.34. The van der Waals surface area contributed by atoms with Crippen LogP contribution in [0.2, 0.25) is 0 Å². The summed E-state index contributed by atoms with van der Waals surface area (Å²) in [4.78, 5) is 9.31. The second kappa shape index (κ2) is 4.10. The quantitative estimate of drug-likeness (QED) is 0.438. The first kappa shape index (κ1) is 12.5. The third-order valence-corrected chi connectivity index (χ3v) is 1.83. The molecule has 86 valence electrons. The smallest absolute Gasteiger partial charge is 0.423 e. The van der Waals surface area contributed by atoms with Crippen molar-refractivity contribution in [2.24, 2.45) is 0 Å². The topological polar surface area (TPSA) is 83.6 Å². The summed E-state index contributed by atoms with van der Waals surface area (Å²) in [5.74, 6) is 0. The molecule has 2 N–H and O–H groups in total. The number of rotatable bonds is 2. The Morgan fingerprint density at radius 2 is 1.88 bits per heavy atom. The van der Waals surface area contributed by atoms with E-state index >= 15 is 0 Å². The molecule has 0 radical (unpaired) electrons. The Kier molecular flexibility index (Phi) is 3.20. The Morgan fingerprint density at radius 3 is 2.25 bits per heavy atom. The zero-order chi connectivity index (χ0) is 12.5. The standard InChI is InChI=1S/C7H5BF3NO4/c9-7(10,11)4-1-2-5(8(13)14)6(3-4)12(15)16/h1-3,13-14H. The average molecular weight is 235 g/mol. The molecule has 16 heavy (non-hydrogen) atoms. The minimum Gasteiger partial charge on any atom is -0.423 e. The Balaban J connectivity index is 3.34. The van der Waals surface area contributed by atoms with Crippen LogP contribution in [0.4, 0.5) is 18.9 Å². The SMILES string of the molecule is O=[N+]([O-])c1cc(C(F)(F)F)ccc1B(O)O. The van der Waals surface area contributed by atoms with Crippen molar-refractivity contribution in [2.45, 2.75) is 6.18 Å². The maximum absolute atomic E-state index is 12.2. The van der Waals surface area contributed by atoms with E-state index in [0.29, 0.717) is 12.1 Å². The molecular weight excluding hydrogens is 230 g/mol. The Morgan fingerprint density at radius 1 is 1.31 bits per heavy atom. The van der Waals surface area contributed by atoms with Gasteiger partial charge in [0.25, 0.3) is 5.69 Å². The molecule has 0 aromatic heterocycles. The molecule has 0 unspecified atom stereocenters. The molecule has 0 aliphatic heterocycles. The van der Waals surface area contributed by atoms with Crippen LogP contribution < -0.4 is 5.46 Å². The van der Waals surface area contributed by atoms with Crippen LogP contribution in [-0.2, 0) is 6.18 Å². The van der Waals surface area contributed by atoms with Gasteiger partial charge in [-0.2, -0.15) is 13.2 Å². The van der Waals surface area contributed by atoms with Crippen molar-refractivity contribution in [1.29, 1.82) is 0 Å². The summed E-state index contributed by atoms with van der Waals surface area (Å²) >= 11 is 0. The minimum atomic E-state index is -4.72. The van der Waals surface area contributed by atoms with Crippen molar-refractivity contribution in [1.82, 2.24) is 0 Å². The number of halogens is 3. The van der Waals surface area contributed by atoms with Crippen molar-refractivity contribution < 1.29 is 28.1 Å². The number of nitro benzene ring substituents is 1. The maximum Gasteiger partial charge on any atom is 0.495 e. The van der Waals surface area contributed by atoms with E-state index in [4.69, 9.17) is 10.0 Å². The lowest BCUT2D eigenvalue weighted by Gasteiger charge is -2.08. The summed E-state index contributed by atoms with van der Waals surface area (Å²) in [5.41, 5.74) is -2.79. The fourth-order valence-electron chi connectivity index (χ4n) is 1.10. The summed E-state index contributed by atoms with van der Waals surface area (Å²) in [6, 6.07) is 1.46. The Hall–Kier alpha value is -1.61. The van der Waals surface area contributed by atoms with E-state index < -0.39 is 34.9 Å². The number of nitro groups is 1. The van der Waals surface area contributed by atoms with E-state index in [-0.39, 0.29) is 6.07 Å². The predicted molar refractivity (Wildman–Crippen MR) is 47.9 cm³/mol. The first-order chi connectivity index (χ1) is 7.23. The van der Waals surface area contributed by atoms with Crippen LogP contribution in [0, 0.1) is 10.1 Å². The number of alkyl halides is 3. The third-order valence-electron chi connectivity index (χ3n) is 1.83. The highest BCUT2D eigenvalue weighted by molar-refractivity contribution is 6.60. The van der Waals surface area contributed by atoms with Gasteiger partial charge in [-0.15, -0.1) is 0 Å². The second-order valence-electron chi connectivity index (χ2n) is 2.90. The van der Waals surface area contributed by atoms with Gasteiger partial charge in [0.2, 0.25) is 0 Å². The molecule has 0 fully saturated rings. The first-order valence-electron chi connectivity index (χ1n) is 3.95. The average Bonchev–Trinajstić information content (AvgIpc) is 2.15. The molecule has 0 heterocycles. The van der Waals surface area contributed by atoms with Gasteiger partial charge in [-0.05, 0) is 6.07 Å². The molecule has 1 aromatic rings. The lowest BCUT2D eigenvalue weighted by Crippen LogP contribution is -2.32. The van der Waals surface area contributed by atoms with Crippen molar-refractivity contribution in [3.63, 3.8) is 0 Å². The van der Waals surface area contributed by atoms with E-state index in [2.05, 4.69) is 0 Å². The second-order valence-corrected chi connectivity index (χ2v) is 2.90. The number of nitrogens with zero attached hydrogens (tertiary/aromatic N) is 1. The van der Waals surface area contributed by atoms with E-state index in [1.165, 1.54) is 0 Å². The summed E-state index contributed by atoms with van der Waals surface area (Å²) in [5, 5.41) is 27.9. The molecule has 9 heteroatoms. The van der Waals surface area contributed by atoms with Crippen LogP contribution in [0.15, 0.2) is 18.2 Å². The molecular formula is C7H5BF3NO4. The van der Waals surface area contributed by atoms with Gasteiger partial charge >= 0.3 is 13.3 Å². The fraction of sp³-hybridized carbons (Fsp3) is 0.143. The lowest BCUT2D eigenvalue weighted by molar-refractivity contribution is -0.384.